The van der Waals surface area contributed by atoms with Gasteiger partial charge in [0, 0.05) is 21.7 Å². The molecule has 8 nitrogen and oxygen atoms in total. The van der Waals surface area contributed by atoms with Crippen LogP contribution < -0.4 is 29.1 Å². The van der Waals surface area contributed by atoms with E-state index >= 15 is 0 Å². The number of benzene rings is 2. The number of hydrogen-bond donors (Lipinski definition) is 0. The molecule has 1 atom stereocenters. The normalized spacial score (nSPS) is 15.1. The number of halogens is 2. The number of nitrogens with zero attached hydrogens (tertiary/aromatic N) is 2. The van der Waals surface area contributed by atoms with E-state index < -0.39 is 12.0 Å². The average molecular weight is 666 g/mol. The molecule has 38 heavy (non-hydrogen) atoms. The van der Waals surface area contributed by atoms with Gasteiger partial charge in [-0.25, -0.2) is 9.79 Å². The fourth-order valence-corrected chi connectivity index (χ4v) is 6.67. The molecule has 0 spiro atoms. The first kappa shape index (κ1) is 28.1. The molecule has 0 amide bonds. The number of fused-ring (bicyclic) bond motifs is 1. The lowest BCUT2D eigenvalue weighted by Gasteiger charge is -2.26. The molecule has 0 bridgehead atoms. The first-order valence-electron chi connectivity index (χ1n) is 11.8. The Balaban J connectivity index is 2.02. The zero-order valence-corrected chi connectivity index (χ0v) is 25.5. The molecule has 2 heterocycles. The van der Waals surface area contributed by atoms with E-state index in [4.69, 9.17) is 18.9 Å². The summed E-state index contributed by atoms with van der Waals surface area (Å²) in [5.74, 6) is 1.13. The van der Waals surface area contributed by atoms with Gasteiger partial charge in [-0.3, -0.25) is 9.36 Å². The maximum Gasteiger partial charge on any atom is 0.338 e. The zero-order valence-electron chi connectivity index (χ0n) is 21.5. The molecule has 1 aliphatic rings. The Morgan fingerprint density at radius 1 is 1.13 bits per heavy atom. The highest BCUT2D eigenvalue weighted by Gasteiger charge is 2.35. The van der Waals surface area contributed by atoms with Crippen LogP contribution in [0.2, 0.25) is 0 Å². The van der Waals surface area contributed by atoms with Crippen molar-refractivity contribution in [3.63, 3.8) is 0 Å². The summed E-state index contributed by atoms with van der Waals surface area (Å²) in [7, 11) is 3.09. The maximum absolute atomic E-state index is 14.0. The van der Waals surface area contributed by atoms with E-state index in [0.29, 0.717) is 44.4 Å². The van der Waals surface area contributed by atoms with E-state index in [0.717, 1.165) is 14.5 Å². The standard InChI is InChI=1S/C27H26Br2N2O6S/c1-6-36-24-15(10-16(28)12-19(24)29)11-21-25(32)31-23(18-9-8-17(34-4)13-20(18)35-5)22(26(33)37-7-2)14(3)30-27(31)38-21/h8-13,23H,6-7H2,1-5H3/b21-11-/t23-/m0/s1. The van der Waals surface area contributed by atoms with Crippen LogP contribution in [0.15, 0.2) is 60.3 Å². The number of hydrogen-bond acceptors (Lipinski definition) is 8. The van der Waals surface area contributed by atoms with E-state index in [1.165, 1.54) is 23.0 Å². The minimum absolute atomic E-state index is 0.185. The summed E-state index contributed by atoms with van der Waals surface area (Å²) in [6.45, 7) is 6.02. The van der Waals surface area contributed by atoms with Gasteiger partial charge in [0.25, 0.3) is 5.56 Å². The Bertz CT molecular complexity index is 1610. The van der Waals surface area contributed by atoms with E-state index in [1.54, 1.807) is 45.2 Å². The Morgan fingerprint density at radius 3 is 2.55 bits per heavy atom. The number of rotatable bonds is 8. The van der Waals surface area contributed by atoms with Gasteiger partial charge in [-0.05, 0) is 67.0 Å². The highest BCUT2D eigenvalue weighted by molar-refractivity contribution is 9.11. The van der Waals surface area contributed by atoms with Crippen molar-refractivity contribution < 1.29 is 23.7 Å². The summed E-state index contributed by atoms with van der Waals surface area (Å²) in [4.78, 5) is 32.2. The summed E-state index contributed by atoms with van der Waals surface area (Å²) < 4.78 is 25.8. The number of aromatic nitrogens is 1. The highest BCUT2D eigenvalue weighted by atomic mass is 79.9. The van der Waals surface area contributed by atoms with Crippen LogP contribution in [0, 0.1) is 0 Å². The first-order valence-corrected chi connectivity index (χ1v) is 14.2. The van der Waals surface area contributed by atoms with Gasteiger partial charge in [0.05, 0.1) is 47.7 Å². The predicted molar refractivity (Wildman–Crippen MR) is 153 cm³/mol. The molecular weight excluding hydrogens is 640 g/mol. The van der Waals surface area contributed by atoms with Crippen molar-refractivity contribution in [3.05, 3.63) is 81.4 Å². The minimum Gasteiger partial charge on any atom is -0.497 e. The molecule has 2 aromatic carbocycles. The Kier molecular flexibility index (Phi) is 8.79. The van der Waals surface area contributed by atoms with Crippen LogP contribution >= 0.6 is 43.2 Å². The van der Waals surface area contributed by atoms with Crippen molar-refractivity contribution in [3.8, 4) is 17.2 Å². The van der Waals surface area contributed by atoms with Gasteiger partial charge in [-0.2, -0.15) is 0 Å². The largest absolute Gasteiger partial charge is 0.497 e. The summed E-state index contributed by atoms with van der Waals surface area (Å²) in [5, 5.41) is 0. The second-order valence-electron chi connectivity index (χ2n) is 8.15. The molecule has 1 aromatic heterocycles. The predicted octanol–water partition coefficient (Wildman–Crippen LogP) is 4.74. The number of allylic oxidation sites excluding steroid dienone is 1. The number of methoxy groups -OCH3 is 2. The second-order valence-corrected chi connectivity index (χ2v) is 10.9. The van der Waals surface area contributed by atoms with Gasteiger partial charge in [0.1, 0.15) is 23.3 Å². The molecule has 0 saturated carbocycles. The number of thiazole rings is 1. The van der Waals surface area contributed by atoms with E-state index in [2.05, 4.69) is 36.9 Å². The lowest BCUT2D eigenvalue weighted by Crippen LogP contribution is -2.40. The number of esters is 1. The lowest BCUT2D eigenvalue weighted by molar-refractivity contribution is -0.139. The SMILES string of the molecule is CCOC(=O)C1=C(C)N=c2s/c(=C\c3cc(Br)cc(Br)c3OCC)c(=O)n2[C@H]1c1ccc(OC)cc1OC. The smallest absolute Gasteiger partial charge is 0.338 e. The maximum atomic E-state index is 14.0. The second kappa shape index (κ2) is 11.9. The van der Waals surface area contributed by atoms with Gasteiger partial charge in [-0.1, -0.05) is 27.3 Å². The molecule has 4 rings (SSSR count). The van der Waals surface area contributed by atoms with Crippen LogP contribution in [-0.4, -0.2) is 38.0 Å². The van der Waals surface area contributed by atoms with Crippen LogP contribution in [-0.2, 0) is 9.53 Å². The van der Waals surface area contributed by atoms with Gasteiger partial charge in [-0.15, -0.1) is 0 Å². The fourth-order valence-electron chi connectivity index (χ4n) is 4.26. The Labute approximate surface area is 240 Å². The van der Waals surface area contributed by atoms with Crippen molar-refractivity contribution in [2.45, 2.75) is 26.8 Å². The van der Waals surface area contributed by atoms with Crippen molar-refractivity contribution in [2.75, 3.05) is 27.4 Å². The molecule has 3 aromatic rings. The molecule has 0 unspecified atom stereocenters. The third-order valence-electron chi connectivity index (χ3n) is 5.86. The summed E-state index contributed by atoms with van der Waals surface area (Å²) in [5.41, 5.74) is 1.77. The third kappa shape index (κ3) is 5.32. The van der Waals surface area contributed by atoms with Crippen molar-refractivity contribution in [1.29, 1.82) is 0 Å². The molecule has 0 fully saturated rings. The molecule has 200 valence electrons. The van der Waals surface area contributed by atoms with Gasteiger partial charge in [0.15, 0.2) is 4.80 Å². The van der Waals surface area contributed by atoms with Crippen LogP contribution in [0.5, 0.6) is 17.2 Å². The highest BCUT2D eigenvalue weighted by Crippen LogP contribution is 2.38. The average Bonchev–Trinajstić information content (AvgIpc) is 3.19. The summed E-state index contributed by atoms with van der Waals surface area (Å²) in [6.07, 6.45) is 1.77. The van der Waals surface area contributed by atoms with Crippen LogP contribution in [0.1, 0.15) is 37.9 Å². The van der Waals surface area contributed by atoms with Gasteiger partial charge in [0.2, 0.25) is 0 Å². The van der Waals surface area contributed by atoms with Crippen LogP contribution in [0.3, 0.4) is 0 Å². The quantitative estimate of drug-likeness (QED) is 0.323. The van der Waals surface area contributed by atoms with E-state index in [-0.39, 0.29) is 17.7 Å². The summed E-state index contributed by atoms with van der Waals surface area (Å²) in [6, 6.07) is 8.22. The fraction of sp³-hybridized carbons (Fsp3) is 0.296. The summed E-state index contributed by atoms with van der Waals surface area (Å²) >= 11 is 8.30. The minimum atomic E-state index is -0.811. The molecule has 0 aliphatic carbocycles. The van der Waals surface area contributed by atoms with Crippen molar-refractivity contribution in [1.82, 2.24) is 4.57 Å². The van der Waals surface area contributed by atoms with Gasteiger partial charge >= 0.3 is 5.97 Å². The molecule has 11 heteroatoms. The Morgan fingerprint density at radius 2 is 1.89 bits per heavy atom. The monoisotopic (exact) mass is 664 g/mol. The number of carbonyl (C=O) groups is 1. The van der Waals surface area contributed by atoms with E-state index in [1.807, 2.05) is 19.1 Å². The van der Waals surface area contributed by atoms with Crippen molar-refractivity contribution >= 4 is 55.2 Å². The molecule has 0 radical (unpaired) electrons. The first-order chi connectivity index (χ1) is 18.2. The van der Waals surface area contributed by atoms with Crippen LogP contribution in [0.25, 0.3) is 6.08 Å². The lowest BCUT2D eigenvalue weighted by atomic mass is 9.95. The molecule has 0 saturated heterocycles. The number of carbonyl (C=O) groups excluding carboxylic acids is 1. The van der Waals surface area contributed by atoms with Crippen LogP contribution in [0.4, 0.5) is 0 Å². The molecular formula is C27H26Br2N2O6S. The van der Waals surface area contributed by atoms with Crippen molar-refractivity contribution in [2.24, 2.45) is 4.99 Å². The topological polar surface area (TPSA) is 88.4 Å². The van der Waals surface area contributed by atoms with E-state index in [9.17, 15) is 9.59 Å². The molecule has 1 aliphatic heterocycles. The third-order valence-corrected chi connectivity index (χ3v) is 7.89. The zero-order chi connectivity index (χ0) is 27.6. The Hall–Kier alpha value is -2.89. The molecule has 0 N–H and O–H groups in total. The number of ether oxygens (including phenoxy) is 4. The van der Waals surface area contributed by atoms with Gasteiger partial charge < -0.3 is 18.9 Å².